The Balaban J connectivity index is 1.55. The number of piperazine rings is 1. The van der Waals surface area contributed by atoms with E-state index in [4.69, 9.17) is 0 Å². The molecule has 2 aliphatic rings. The third-order valence-electron chi connectivity index (χ3n) is 4.80. The molecule has 0 spiro atoms. The van der Waals surface area contributed by atoms with Crippen LogP contribution in [0.5, 0.6) is 0 Å². The maximum Gasteiger partial charge on any atom is 0.274 e. The van der Waals surface area contributed by atoms with Crippen LogP contribution in [0.25, 0.3) is 0 Å². The summed E-state index contributed by atoms with van der Waals surface area (Å²) in [5.74, 6) is 0.768. The summed E-state index contributed by atoms with van der Waals surface area (Å²) in [6, 6.07) is 6.34. The molecule has 2 aromatic rings. The van der Waals surface area contributed by atoms with E-state index < -0.39 is 0 Å². The van der Waals surface area contributed by atoms with E-state index in [1.165, 1.54) is 16.8 Å². The van der Waals surface area contributed by atoms with Crippen LogP contribution in [0.2, 0.25) is 0 Å². The highest BCUT2D eigenvalue weighted by molar-refractivity contribution is 5.92. The molecule has 1 aromatic carbocycles. The summed E-state index contributed by atoms with van der Waals surface area (Å²) < 4.78 is 0. The van der Waals surface area contributed by atoms with Gasteiger partial charge in [0.1, 0.15) is 5.69 Å². The van der Waals surface area contributed by atoms with Gasteiger partial charge >= 0.3 is 0 Å². The number of aromatic nitrogens is 2. The van der Waals surface area contributed by atoms with Crippen LogP contribution >= 0.6 is 0 Å². The van der Waals surface area contributed by atoms with Crippen molar-refractivity contribution in [1.29, 1.82) is 0 Å². The molecule has 6 nitrogen and oxygen atoms in total. The van der Waals surface area contributed by atoms with Crippen LogP contribution in [0.4, 0.5) is 11.5 Å². The number of anilines is 2. The summed E-state index contributed by atoms with van der Waals surface area (Å²) in [6.07, 6.45) is 4.34. The predicted molar refractivity (Wildman–Crippen MR) is 92.7 cm³/mol. The first kappa shape index (κ1) is 15.1. The Morgan fingerprint density at radius 3 is 2.71 bits per heavy atom. The second kappa shape index (κ2) is 6.20. The summed E-state index contributed by atoms with van der Waals surface area (Å²) in [5, 5.41) is 3.24. The number of nitrogens with zero attached hydrogens (tertiary/aromatic N) is 4. The lowest BCUT2D eigenvalue weighted by Crippen LogP contribution is -2.46. The van der Waals surface area contributed by atoms with Gasteiger partial charge in [-0.2, -0.15) is 0 Å². The van der Waals surface area contributed by atoms with E-state index >= 15 is 0 Å². The van der Waals surface area contributed by atoms with Crippen molar-refractivity contribution in [2.45, 2.75) is 13.3 Å². The van der Waals surface area contributed by atoms with E-state index in [0.29, 0.717) is 5.69 Å². The zero-order chi connectivity index (χ0) is 16.5. The molecule has 0 aliphatic carbocycles. The van der Waals surface area contributed by atoms with Crippen LogP contribution in [-0.2, 0) is 6.42 Å². The van der Waals surface area contributed by atoms with Gasteiger partial charge in [0.2, 0.25) is 0 Å². The number of hydrogen-bond donors (Lipinski definition) is 1. The Morgan fingerprint density at radius 1 is 1.12 bits per heavy atom. The summed E-state index contributed by atoms with van der Waals surface area (Å²) >= 11 is 0. The average Bonchev–Trinajstić information content (AvgIpc) is 3.07. The number of fused-ring (bicyclic) bond motifs is 1. The molecular weight excluding hydrogens is 302 g/mol. The third-order valence-corrected chi connectivity index (χ3v) is 4.80. The van der Waals surface area contributed by atoms with E-state index in [1.54, 1.807) is 12.4 Å². The van der Waals surface area contributed by atoms with Crippen molar-refractivity contribution < 1.29 is 4.79 Å². The van der Waals surface area contributed by atoms with E-state index in [1.807, 2.05) is 4.90 Å². The number of rotatable bonds is 2. The Bertz CT molecular complexity index is 753. The minimum Gasteiger partial charge on any atom is -0.335 e. The maximum absolute atomic E-state index is 12.5. The van der Waals surface area contributed by atoms with Crippen molar-refractivity contribution in [2.75, 3.05) is 37.6 Å². The summed E-state index contributed by atoms with van der Waals surface area (Å²) in [6.45, 7) is 6.16. The third kappa shape index (κ3) is 2.63. The number of carbonyl (C=O) groups is 1. The largest absolute Gasteiger partial charge is 0.335 e. The summed E-state index contributed by atoms with van der Waals surface area (Å²) in [5.41, 5.74) is 4.31. The molecule has 0 atom stereocenters. The molecule has 1 fully saturated rings. The fourth-order valence-electron chi connectivity index (χ4n) is 3.45. The van der Waals surface area contributed by atoms with Gasteiger partial charge in [-0.05, 0) is 30.5 Å². The molecule has 1 aromatic heterocycles. The molecule has 6 heteroatoms. The van der Waals surface area contributed by atoms with Crippen molar-refractivity contribution in [1.82, 2.24) is 20.2 Å². The van der Waals surface area contributed by atoms with E-state index in [-0.39, 0.29) is 5.91 Å². The molecule has 124 valence electrons. The van der Waals surface area contributed by atoms with Crippen molar-refractivity contribution in [3.8, 4) is 0 Å². The first-order valence-corrected chi connectivity index (χ1v) is 8.42. The Morgan fingerprint density at radius 2 is 1.96 bits per heavy atom. The zero-order valence-electron chi connectivity index (χ0n) is 13.8. The summed E-state index contributed by atoms with van der Waals surface area (Å²) in [4.78, 5) is 25.3. The quantitative estimate of drug-likeness (QED) is 0.908. The molecule has 1 amide bonds. The molecule has 1 N–H and O–H groups in total. The average molecular weight is 323 g/mol. The minimum absolute atomic E-state index is 0.0341. The van der Waals surface area contributed by atoms with Crippen LogP contribution < -0.4 is 10.2 Å². The molecule has 0 saturated carbocycles. The lowest BCUT2D eigenvalue weighted by Gasteiger charge is -2.27. The molecular formula is C18H21N5O. The van der Waals surface area contributed by atoms with Gasteiger partial charge in [0.25, 0.3) is 5.91 Å². The van der Waals surface area contributed by atoms with Crippen LogP contribution in [0.3, 0.4) is 0 Å². The molecule has 1 saturated heterocycles. The number of benzene rings is 1. The number of aryl methyl sites for hydroxylation is 1. The van der Waals surface area contributed by atoms with Gasteiger partial charge in [-0.15, -0.1) is 0 Å². The fraction of sp³-hybridized carbons (Fsp3) is 0.389. The number of nitrogens with one attached hydrogen (secondary N) is 1. The summed E-state index contributed by atoms with van der Waals surface area (Å²) in [7, 11) is 0. The molecule has 3 heterocycles. The molecule has 4 rings (SSSR count). The highest BCUT2D eigenvalue weighted by atomic mass is 16.2. The zero-order valence-corrected chi connectivity index (χ0v) is 13.8. The highest BCUT2D eigenvalue weighted by Gasteiger charge is 2.24. The Hall–Kier alpha value is -2.47. The Kier molecular flexibility index (Phi) is 3.90. The van der Waals surface area contributed by atoms with Crippen molar-refractivity contribution in [3.63, 3.8) is 0 Å². The highest BCUT2D eigenvalue weighted by Crippen LogP contribution is 2.34. The lowest BCUT2D eigenvalue weighted by molar-refractivity contribution is 0.0729. The topological polar surface area (TPSA) is 61.4 Å². The number of hydrogen-bond acceptors (Lipinski definition) is 5. The Labute approximate surface area is 141 Å². The van der Waals surface area contributed by atoms with Crippen molar-refractivity contribution in [3.05, 3.63) is 47.4 Å². The first-order valence-electron chi connectivity index (χ1n) is 8.42. The number of amides is 1. The standard InChI is InChI=1S/C18H21N5O/c1-13-3-2-4-16-14(13)5-8-23(16)17-12-20-15(11-21-17)18(24)22-9-6-19-7-10-22/h2-4,11-12,19H,5-10H2,1H3. The predicted octanol–water partition coefficient (Wildman–Crippen LogP) is 1.52. The van der Waals surface area contributed by atoms with Gasteiger partial charge in [-0.1, -0.05) is 12.1 Å². The van der Waals surface area contributed by atoms with Crippen molar-refractivity contribution >= 4 is 17.4 Å². The SMILES string of the molecule is Cc1cccc2c1CCN2c1cnc(C(=O)N2CCNCC2)cn1. The van der Waals surface area contributed by atoms with Gasteiger partial charge in [0.05, 0.1) is 12.4 Å². The van der Waals surface area contributed by atoms with Gasteiger partial charge in [-0.3, -0.25) is 4.79 Å². The van der Waals surface area contributed by atoms with Crippen LogP contribution in [0.15, 0.2) is 30.6 Å². The van der Waals surface area contributed by atoms with Gasteiger partial charge < -0.3 is 15.1 Å². The first-order chi connectivity index (χ1) is 11.7. The van der Waals surface area contributed by atoms with E-state index in [9.17, 15) is 4.79 Å². The second-order valence-corrected chi connectivity index (χ2v) is 6.28. The molecule has 0 unspecified atom stereocenters. The van der Waals surface area contributed by atoms with Crippen molar-refractivity contribution in [2.24, 2.45) is 0 Å². The lowest BCUT2D eigenvalue weighted by atomic mass is 10.1. The molecule has 24 heavy (non-hydrogen) atoms. The van der Waals surface area contributed by atoms with Crippen LogP contribution in [0.1, 0.15) is 21.6 Å². The number of carbonyl (C=O) groups excluding carboxylic acids is 1. The molecule has 0 bridgehead atoms. The molecule has 2 aliphatic heterocycles. The monoisotopic (exact) mass is 323 g/mol. The van der Waals surface area contributed by atoms with E-state index in [0.717, 1.165) is 45.0 Å². The van der Waals surface area contributed by atoms with Crippen LogP contribution in [-0.4, -0.2) is 53.5 Å². The normalized spacial score (nSPS) is 17.0. The smallest absolute Gasteiger partial charge is 0.274 e. The minimum atomic E-state index is -0.0341. The maximum atomic E-state index is 12.5. The van der Waals surface area contributed by atoms with Gasteiger partial charge in [0, 0.05) is 38.4 Å². The van der Waals surface area contributed by atoms with Gasteiger partial charge in [-0.25, -0.2) is 9.97 Å². The second-order valence-electron chi connectivity index (χ2n) is 6.28. The van der Waals surface area contributed by atoms with Crippen LogP contribution in [0, 0.1) is 6.92 Å². The van der Waals surface area contributed by atoms with Gasteiger partial charge in [0.15, 0.2) is 5.82 Å². The van der Waals surface area contributed by atoms with E-state index in [2.05, 4.69) is 45.3 Å². The molecule has 0 radical (unpaired) electrons. The fourth-order valence-corrected chi connectivity index (χ4v) is 3.45.